The highest BCUT2D eigenvalue weighted by molar-refractivity contribution is 7.99. The Balaban J connectivity index is 3.63. The lowest BCUT2D eigenvalue weighted by Crippen LogP contribution is -2.31. The molecule has 0 unspecified atom stereocenters. The van der Waals surface area contributed by atoms with Gasteiger partial charge < -0.3 is 19.5 Å². The van der Waals surface area contributed by atoms with Crippen LogP contribution in [0.2, 0.25) is 0 Å². The quantitative estimate of drug-likeness (QED) is 0.218. The van der Waals surface area contributed by atoms with E-state index >= 15 is 0 Å². The molecule has 0 radical (unpaired) electrons. The average molecular weight is 361 g/mol. The first kappa shape index (κ1) is 22.0. The summed E-state index contributed by atoms with van der Waals surface area (Å²) >= 11 is 1.65. The van der Waals surface area contributed by atoms with Gasteiger partial charge in [-0.1, -0.05) is 13.5 Å². The van der Waals surface area contributed by atoms with E-state index in [0.29, 0.717) is 12.4 Å². The third-order valence-electron chi connectivity index (χ3n) is 2.44. The van der Waals surface area contributed by atoms with Crippen molar-refractivity contribution in [3.05, 3.63) is 12.7 Å². The van der Waals surface area contributed by atoms with Crippen molar-refractivity contribution in [3.8, 4) is 0 Å². The van der Waals surface area contributed by atoms with Gasteiger partial charge in [0.1, 0.15) is 26.4 Å². The van der Waals surface area contributed by atoms with Crippen LogP contribution in [0.3, 0.4) is 0 Å². The molecule has 0 aromatic carbocycles. The summed E-state index contributed by atoms with van der Waals surface area (Å²) in [5.74, 6) is -0.522. The van der Waals surface area contributed by atoms with Gasteiger partial charge in [-0.15, -0.1) is 0 Å². The van der Waals surface area contributed by atoms with Gasteiger partial charge >= 0.3 is 17.9 Å². The molecule has 0 aromatic rings. The van der Waals surface area contributed by atoms with Gasteiger partial charge in [-0.25, -0.2) is 4.79 Å². The molecule has 0 aliphatic carbocycles. The highest BCUT2D eigenvalue weighted by Gasteiger charge is 2.10. The molecule has 0 saturated carbocycles. The first-order valence-electron chi connectivity index (χ1n) is 7.44. The van der Waals surface area contributed by atoms with Gasteiger partial charge in [-0.05, 0) is 5.75 Å². The van der Waals surface area contributed by atoms with E-state index in [2.05, 4.69) is 16.6 Å². The fourth-order valence-corrected chi connectivity index (χ4v) is 1.80. The van der Waals surface area contributed by atoms with Gasteiger partial charge in [0.2, 0.25) is 5.91 Å². The Labute approximate surface area is 145 Å². The zero-order valence-corrected chi connectivity index (χ0v) is 14.5. The summed E-state index contributed by atoms with van der Waals surface area (Å²) in [5, 5.41) is 2.36. The topological polar surface area (TPSA) is 108 Å². The lowest BCUT2D eigenvalue weighted by molar-refractivity contribution is -0.150. The molecule has 1 N–H and O–H groups in total. The number of esters is 3. The molecule has 0 fully saturated rings. The van der Waals surface area contributed by atoms with E-state index < -0.39 is 23.8 Å². The first-order valence-corrected chi connectivity index (χ1v) is 8.60. The molecule has 9 heteroatoms. The smallest absolute Gasteiger partial charge is 0.330 e. The van der Waals surface area contributed by atoms with Crippen LogP contribution < -0.4 is 5.32 Å². The number of hydrogen-bond donors (Lipinski definition) is 1. The van der Waals surface area contributed by atoms with E-state index in [-0.39, 0.29) is 32.6 Å². The van der Waals surface area contributed by atoms with Crippen molar-refractivity contribution in [3.63, 3.8) is 0 Å². The van der Waals surface area contributed by atoms with Crippen molar-refractivity contribution in [2.24, 2.45) is 0 Å². The van der Waals surface area contributed by atoms with Gasteiger partial charge in [0, 0.05) is 18.2 Å². The van der Waals surface area contributed by atoms with Crippen LogP contribution in [0.25, 0.3) is 0 Å². The summed E-state index contributed by atoms with van der Waals surface area (Å²) in [6, 6.07) is 0. The van der Waals surface area contributed by atoms with E-state index in [1.165, 1.54) is 0 Å². The zero-order valence-electron chi connectivity index (χ0n) is 13.7. The number of hydrogen-bond acceptors (Lipinski definition) is 8. The Bertz CT molecular complexity index is 440. The molecule has 0 spiro atoms. The normalized spacial score (nSPS) is 9.71. The number of ether oxygens (including phenoxy) is 3. The predicted molar refractivity (Wildman–Crippen MR) is 88.3 cm³/mol. The van der Waals surface area contributed by atoms with E-state index in [1.54, 1.807) is 11.8 Å². The van der Waals surface area contributed by atoms with Crippen LogP contribution in [-0.4, -0.2) is 61.7 Å². The highest BCUT2D eigenvalue weighted by Crippen LogP contribution is 1.97. The summed E-state index contributed by atoms with van der Waals surface area (Å²) in [5.41, 5.74) is 0. The zero-order chi connectivity index (χ0) is 18.2. The second-order valence-electron chi connectivity index (χ2n) is 4.29. The fourth-order valence-electron chi connectivity index (χ4n) is 1.31. The van der Waals surface area contributed by atoms with Gasteiger partial charge in [-0.3, -0.25) is 14.4 Å². The van der Waals surface area contributed by atoms with Gasteiger partial charge in [0.05, 0.1) is 6.42 Å². The van der Waals surface area contributed by atoms with Crippen LogP contribution in [0.5, 0.6) is 0 Å². The minimum absolute atomic E-state index is 0.0784. The minimum Gasteiger partial charge on any atom is -0.463 e. The molecular formula is C15H23NO7S. The van der Waals surface area contributed by atoms with Crippen LogP contribution in [0.15, 0.2) is 12.7 Å². The largest absolute Gasteiger partial charge is 0.463 e. The number of nitrogens with one attached hydrogen (secondary N) is 1. The Kier molecular flexibility index (Phi) is 13.3. The first-order chi connectivity index (χ1) is 11.5. The van der Waals surface area contributed by atoms with Crippen molar-refractivity contribution in [2.75, 3.05) is 37.9 Å². The average Bonchev–Trinajstić information content (AvgIpc) is 2.58. The van der Waals surface area contributed by atoms with Crippen molar-refractivity contribution >= 4 is 35.6 Å². The predicted octanol–water partition coefficient (Wildman–Crippen LogP) is 0.452. The summed E-state index contributed by atoms with van der Waals surface area (Å²) in [6.07, 6.45) is 0.757. The van der Waals surface area contributed by atoms with Crippen molar-refractivity contribution in [1.82, 2.24) is 5.32 Å². The SMILES string of the molecule is C=CC(=O)OCCOC(=O)CCC(=O)NCC(=O)OCCSCC. The number of thioether (sulfide) groups is 1. The summed E-state index contributed by atoms with van der Waals surface area (Å²) in [7, 11) is 0. The van der Waals surface area contributed by atoms with Crippen LogP contribution in [-0.2, 0) is 33.4 Å². The number of amides is 1. The molecule has 0 bridgehead atoms. The standard InChI is InChI=1S/C15H23NO7S/c1-3-13(18)21-7-8-22-14(19)6-5-12(17)16-11-15(20)23-9-10-24-4-2/h3H,1,4-11H2,2H3,(H,16,17). The number of carbonyl (C=O) groups is 4. The maximum Gasteiger partial charge on any atom is 0.330 e. The third kappa shape index (κ3) is 13.6. The molecule has 0 atom stereocenters. The van der Waals surface area contributed by atoms with E-state index in [1.807, 2.05) is 6.92 Å². The Morgan fingerprint density at radius 3 is 2.33 bits per heavy atom. The minimum atomic E-state index is -0.606. The Hall–Kier alpha value is -2.03. The van der Waals surface area contributed by atoms with Crippen LogP contribution >= 0.6 is 11.8 Å². The molecular weight excluding hydrogens is 338 g/mol. The lowest BCUT2D eigenvalue weighted by atomic mass is 10.3. The molecule has 0 aromatic heterocycles. The van der Waals surface area contributed by atoms with Crippen LogP contribution in [0.4, 0.5) is 0 Å². The third-order valence-corrected chi connectivity index (χ3v) is 3.30. The maximum atomic E-state index is 11.5. The molecule has 8 nitrogen and oxygen atoms in total. The molecule has 0 aliphatic heterocycles. The van der Waals surface area contributed by atoms with Gasteiger partial charge in [0.25, 0.3) is 0 Å². The molecule has 136 valence electrons. The van der Waals surface area contributed by atoms with E-state index in [9.17, 15) is 19.2 Å². The second-order valence-corrected chi connectivity index (χ2v) is 5.68. The molecule has 0 rings (SSSR count). The number of carbonyl (C=O) groups excluding carboxylic acids is 4. The molecule has 1 amide bonds. The summed E-state index contributed by atoms with van der Waals surface area (Å²) in [4.78, 5) is 44.9. The summed E-state index contributed by atoms with van der Waals surface area (Å²) in [6.45, 7) is 5.12. The Morgan fingerprint density at radius 2 is 1.67 bits per heavy atom. The van der Waals surface area contributed by atoms with Crippen molar-refractivity contribution < 1.29 is 33.4 Å². The monoisotopic (exact) mass is 361 g/mol. The lowest BCUT2D eigenvalue weighted by Gasteiger charge is -2.07. The van der Waals surface area contributed by atoms with Gasteiger partial charge in [0.15, 0.2) is 0 Å². The molecule has 24 heavy (non-hydrogen) atoms. The van der Waals surface area contributed by atoms with Crippen molar-refractivity contribution in [1.29, 1.82) is 0 Å². The Morgan fingerprint density at radius 1 is 1.00 bits per heavy atom. The van der Waals surface area contributed by atoms with Crippen LogP contribution in [0.1, 0.15) is 19.8 Å². The summed E-state index contributed by atoms with van der Waals surface area (Å²) < 4.78 is 14.3. The maximum absolute atomic E-state index is 11.5. The fraction of sp³-hybridized carbons (Fsp3) is 0.600. The molecule has 0 aliphatic rings. The van der Waals surface area contributed by atoms with Crippen molar-refractivity contribution in [2.45, 2.75) is 19.8 Å². The highest BCUT2D eigenvalue weighted by atomic mass is 32.2. The number of rotatable bonds is 13. The molecule has 0 saturated heterocycles. The van der Waals surface area contributed by atoms with Gasteiger partial charge in [-0.2, -0.15) is 11.8 Å². The van der Waals surface area contributed by atoms with Crippen LogP contribution in [0, 0.1) is 0 Å². The molecule has 0 heterocycles. The van der Waals surface area contributed by atoms with E-state index in [4.69, 9.17) is 9.47 Å². The van der Waals surface area contributed by atoms with E-state index in [0.717, 1.165) is 11.8 Å². The second kappa shape index (κ2) is 14.6.